The van der Waals surface area contributed by atoms with Gasteiger partial charge in [0.05, 0.1) is 6.54 Å². The van der Waals surface area contributed by atoms with Crippen LogP contribution in [0.5, 0.6) is 5.75 Å². The molecule has 0 aliphatic carbocycles. The topological polar surface area (TPSA) is 86.3 Å². The van der Waals surface area contributed by atoms with E-state index in [4.69, 9.17) is 4.74 Å². The van der Waals surface area contributed by atoms with Crippen molar-refractivity contribution in [3.63, 3.8) is 0 Å². The largest absolute Gasteiger partial charge is 0.481 e. The van der Waals surface area contributed by atoms with Crippen molar-refractivity contribution in [1.29, 1.82) is 0 Å². The first-order valence-corrected chi connectivity index (χ1v) is 8.26. The van der Waals surface area contributed by atoms with Gasteiger partial charge in [0.15, 0.2) is 23.7 Å². The number of rotatable bonds is 5. The van der Waals surface area contributed by atoms with E-state index >= 15 is 0 Å². The average molecular weight is 413 g/mol. The second kappa shape index (κ2) is 7.22. The van der Waals surface area contributed by atoms with Crippen molar-refractivity contribution in [3.8, 4) is 5.75 Å². The SMILES string of the molecule is Cc1nc2c(c(OCC(F)(F)F)c(C(=O)O)n2C)c(=O)n1Cc1cccc(F)c1. The Balaban J connectivity index is 2.23. The monoisotopic (exact) mass is 413 g/mol. The number of fused-ring (bicyclic) bond motifs is 1. The minimum Gasteiger partial charge on any atom is -0.481 e. The predicted octanol–water partition coefficient (Wildman–Crippen LogP) is 2.87. The maximum absolute atomic E-state index is 13.4. The Labute approximate surface area is 160 Å². The number of ether oxygens (including phenoxy) is 1. The van der Waals surface area contributed by atoms with Crippen LogP contribution < -0.4 is 10.3 Å². The highest BCUT2D eigenvalue weighted by molar-refractivity contribution is 5.99. The van der Waals surface area contributed by atoms with Crippen molar-refractivity contribution in [2.45, 2.75) is 19.6 Å². The van der Waals surface area contributed by atoms with Crippen molar-refractivity contribution in [1.82, 2.24) is 14.1 Å². The third kappa shape index (κ3) is 3.93. The summed E-state index contributed by atoms with van der Waals surface area (Å²) >= 11 is 0. The number of benzene rings is 1. The van der Waals surface area contributed by atoms with Crippen LogP contribution in [0.25, 0.3) is 11.0 Å². The lowest BCUT2D eigenvalue weighted by molar-refractivity contribution is -0.153. The zero-order chi connectivity index (χ0) is 21.5. The van der Waals surface area contributed by atoms with Gasteiger partial charge in [-0.05, 0) is 24.6 Å². The van der Waals surface area contributed by atoms with Gasteiger partial charge in [0.1, 0.15) is 17.0 Å². The van der Waals surface area contributed by atoms with Gasteiger partial charge >= 0.3 is 12.1 Å². The number of aromatic carboxylic acids is 1. The van der Waals surface area contributed by atoms with Crippen molar-refractivity contribution in [2.75, 3.05) is 6.61 Å². The zero-order valence-electron chi connectivity index (χ0n) is 15.2. The molecule has 7 nitrogen and oxygen atoms in total. The van der Waals surface area contributed by atoms with Crippen LogP contribution in [0.2, 0.25) is 0 Å². The average Bonchev–Trinajstić information content (AvgIpc) is 2.88. The van der Waals surface area contributed by atoms with E-state index in [9.17, 15) is 32.3 Å². The molecule has 29 heavy (non-hydrogen) atoms. The lowest BCUT2D eigenvalue weighted by Gasteiger charge is -2.11. The first-order valence-electron chi connectivity index (χ1n) is 8.26. The van der Waals surface area contributed by atoms with Gasteiger partial charge in [0, 0.05) is 7.05 Å². The Bertz CT molecular complexity index is 1160. The molecule has 0 radical (unpaired) electrons. The lowest BCUT2D eigenvalue weighted by Crippen LogP contribution is -2.25. The predicted molar refractivity (Wildman–Crippen MR) is 93.7 cm³/mol. The minimum absolute atomic E-state index is 0.110. The Kier molecular flexibility index (Phi) is 5.07. The second-order valence-electron chi connectivity index (χ2n) is 6.32. The molecule has 2 heterocycles. The van der Waals surface area contributed by atoms with Crippen molar-refractivity contribution >= 4 is 17.0 Å². The van der Waals surface area contributed by atoms with Crippen LogP contribution in [0, 0.1) is 12.7 Å². The molecule has 0 atom stereocenters. The molecule has 3 aromatic rings. The second-order valence-corrected chi connectivity index (χ2v) is 6.32. The van der Waals surface area contributed by atoms with E-state index in [0.29, 0.717) is 5.56 Å². The van der Waals surface area contributed by atoms with Gasteiger partial charge in [0.25, 0.3) is 5.56 Å². The summed E-state index contributed by atoms with van der Waals surface area (Å²) in [4.78, 5) is 28.8. The molecule has 3 rings (SSSR count). The molecule has 1 N–H and O–H groups in total. The van der Waals surface area contributed by atoms with Crippen LogP contribution in [0.15, 0.2) is 29.1 Å². The van der Waals surface area contributed by atoms with E-state index < -0.39 is 47.0 Å². The summed E-state index contributed by atoms with van der Waals surface area (Å²) in [6.45, 7) is -0.408. The Morgan fingerprint density at radius 2 is 2.00 bits per heavy atom. The fourth-order valence-electron chi connectivity index (χ4n) is 3.00. The molecule has 154 valence electrons. The van der Waals surface area contributed by atoms with Crippen LogP contribution in [0.3, 0.4) is 0 Å². The Hall–Kier alpha value is -3.37. The molecule has 1 aromatic carbocycles. The van der Waals surface area contributed by atoms with Gasteiger partial charge in [-0.15, -0.1) is 0 Å². The molecule has 0 saturated heterocycles. The number of carbonyl (C=O) groups is 1. The number of alkyl halides is 3. The van der Waals surface area contributed by atoms with E-state index in [1.807, 2.05) is 0 Å². The first-order chi connectivity index (χ1) is 13.5. The third-order valence-corrected chi connectivity index (χ3v) is 4.25. The molecule has 0 bridgehead atoms. The number of carboxylic acids is 1. The maximum Gasteiger partial charge on any atom is 0.422 e. The summed E-state index contributed by atoms with van der Waals surface area (Å²) in [5, 5.41) is 9.02. The number of hydrogen-bond donors (Lipinski definition) is 1. The summed E-state index contributed by atoms with van der Waals surface area (Å²) in [6, 6.07) is 5.43. The highest BCUT2D eigenvalue weighted by atomic mass is 19.4. The van der Waals surface area contributed by atoms with Crippen molar-refractivity contribution in [2.24, 2.45) is 7.05 Å². The quantitative estimate of drug-likeness (QED) is 0.650. The van der Waals surface area contributed by atoms with Gasteiger partial charge in [0.2, 0.25) is 0 Å². The van der Waals surface area contributed by atoms with Gasteiger partial charge in [-0.25, -0.2) is 14.2 Å². The number of halogens is 4. The molecular formula is C18H15F4N3O4. The van der Waals surface area contributed by atoms with Crippen LogP contribution in [-0.4, -0.2) is 38.0 Å². The summed E-state index contributed by atoms with van der Waals surface area (Å²) in [7, 11) is 1.26. The number of aryl methyl sites for hydroxylation is 2. The molecule has 11 heteroatoms. The molecule has 0 spiro atoms. The maximum atomic E-state index is 13.4. The van der Waals surface area contributed by atoms with Crippen LogP contribution >= 0.6 is 0 Å². The molecule has 0 aliphatic rings. The Morgan fingerprint density at radius 1 is 1.31 bits per heavy atom. The number of hydrogen-bond acceptors (Lipinski definition) is 4. The van der Waals surface area contributed by atoms with E-state index in [0.717, 1.165) is 9.13 Å². The molecule has 0 fully saturated rings. The van der Waals surface area contributed by atoms with E-state index in [1.165, 1.54) is 32.2 Å². The molecule has 2 aromatic heterocycles. The van der Waals surface area contributed by atoms with Crippen LogP contribution in [-0.2, 0) is 13.6 Å². The highest BCUT2D eigenvalue weighted by Crippen LogP contribution is 2.31. The van der Waals surface area contributed by atoms with E-state index in [-0.39, 0.29) is 18.0 Å². The van der Waals surface area contributed by atoms with Gasteiger partial charge in [-0.1, -0.05) is 12.1 Å². The molecule has 0 aliphatic heterocycles. The van der Waals surface area contributed by atoms with E-state index in [1.54, 1.807) is 6.07 Å². The smallest absolute Gasteiger partial charge is 0.422 e. The van der Waals surface area contributed by atoms with Crippen LogP contribution in [0.4, 0.5) is 17.6 Å². The molecule has 0 amide bonds. The van der Waals surface area contributed by atoms with Gasteiger partial charge in [-0.3, -0.25) is 9.36 Å². The molecule has 0 unspecified atom stereocenters. The fourth-order valence-corrected chi connectivity index (χ4v) is 3.00. The summed E-state index contributed by atoms with van der Waals surface area (Å²) in [5.74, 6) is -2.63. The minimum atomic E-state index is -4.74. The normalized spacial score (nSPS) is 11.8. The van der Waals surface area contributed by atoms with Crippen molar-refractivity contribution < 1.29 is 32.2 Å². The summed E-state index contributed by atoms with van der Waals surface area (Å²) in [6.07, 6.45) is -4.74. The lowest BCUT2D eigenvalue weighted by atomic mass is 10.2. The summed E-state index contributed by atoms with van der Waals surface area (Å²) < 4.78 is 58.2. The zero-order valence-corrected chi connectivity index (χ0v) is 15.2. The molecular weight excluding hydrogens is 398 g/mol. The number of aromatic nitrogens is 3. The summed E-state index contributed by atoms with van der Waals surface area (Å²) in [5.41, 5.74) is -1.13. The van der Waals surface area contributed by atoms with Gasteiger partial charge in [-0.2, -0.15) is 13.2 Å². The number of carboxylic acid groups (broad SMARTS) is 1. The molecule has 0 saturated carbocycles. The standard InChI is InChI=1S/C18H15F4N3O4/c1-9-23-15-12(16(26)25(9)7-10-4-3-5-11(19)6-10)14(29-8-18(20,21)22)13(17(27)28)24(15)2/h3-6H,7-8H2,1-2H3,(H,27,28). The van der Waals surface area contributed by atoms with Crippen LogP contribution in [0.1, 0.15) is 21.9 Å². The van der Waals surface area contributed by atoms with E-state index in [2.05, 4.69) is 4.98 Å². The highest BCUT2D eigenvalue weighted by Gasteiger charge is 2.33. The van der Waals surface area contributed by atoms with Crippen molar-refractivity contribution in [3.05, 3.63) is 57.5 Å². The number of nitrogens with zero attached hydrogens (tertiary/aromatic N) is 3. The fraction of sp³-hybridized carbons (Fsp3) is 0.278. The van der Waals surface area contributed by atoms with Gasteiger partial charge < -0.3 is 14.4 Å². The third-order valence-electron chi connectivity index (χ3n) is 4.25. The Morgan fingerprint density at radius 3 is 2.59 bits per heavy atom. The first kappa shape index (κ1) is 20.4.